The van der Waals surface area contributed by atoms with Gasteiger partial charge in [0, 0.05) is 10.5 Å². The average Bonchev–Trinajstić information content (AvgIpc) is 2.80. The summed E-state index contributed by atoms with van der Waals surface area (Å²) >= 11 is 0. The van der Waals surface area contributed by atoms with Crippen LogP contribution in [0.25, 0.3) is 0 Å². The van der Waals surface area contributed by atoms with Gasteiger partial charge in [-0.1, -0.05) is 143 Å². The van der Waals surface area contributed by atoms with E-state index in [1.54, 1.807) is 0 Å². The number of unbranched alkanes of at least 4 members (excludes halogenated alkanes) is 14. The van der Waals surface area contributed by atoms with Crippen molar-refractivity contribution >= 4 is 69.1 Å². The average molecular weight is 692 g/mol. The van der Waals surface area contributed by atoms with Gasteiger partial charge in [-0.05, 0) is 25.7 Å². The van der Waals surface area contributed by atoms with Gasteiger partial charge in [-0.25, -0.2) is 16.8 Å². The molecule has 0 aliphatic carbocycles. The molecule has 0 radical (unpaired) electrons. The molecule has 0 aromatic rings. The summed E-state index contributed by atoms with van der Waals surface area (Å²) in [5.74, 6) is 0. The van der Waals surface area contributed by atoms with E-state index < -0.39 is 30.7 Å². The second-order valence-corrected chi connectivity index (χ2v) is 13.6. The Morgan fingerprint density at radius 1 is 0.405 bits per heavy atom. The molecular weight excluding hydrogens is 634 g/mol. The minimum atomic E-state index is -4.09. The Balaban J connectivity index is -0.000000608. The molecule has 0 aromatic heterocycles. The third-order valence-corrected chi connectivity index (χ3v) is 9.41. The summed E-state index contributed by atoms with van der Waals surface area (Å²) in [7, 11) is -8.18. The van der Waals surface area contributed by atoms with Crippen molar-refractivity contribution in [2.24, 2.45) is 0 Å². The topological polar surface area (TPSA) is 114 Å². The van der Waals surface area contributed by atoms with Gasteiger partial charge in [0.05, 0.1) is 20.2 Å². The fourth-order valence-corrected chi connectivity index (χ4v) is 6.21. The first-order chi connectivity index (χ1) is 17.0. The van der Waals surface area contributed by atoms with Crippen molar-refractivity contribution in [3.8, 4) is 0 Å². The molecule has 0 aliphatic heterocycles. The monoisotopic (exact) mass is 692 g/mol. The zero-order chi connectivity index (χ0) is 27.7. The second kappa shape index (κ2) is 28.9. The summed E-state index contributed by atoms with van der Waals surface area (Å²) < 4.78 is 66.5. The van der Waals surface area contributed by atoms with Crippen molar-refractivity contribution in [1.82, 2.24) is 0 Å². The fraction of sp³-hybridized carbons (Fsp3) is 1.00. The smallest absolute Gasteiger partial charge is 0.748 e. The molecule has 0 aromatic carbocycles. The van der Waals surface area contributed by atoms with Gasteiger partial charge in [0.15, 0.2) is 0 Å². The molecular formula is C28H58BaO6S2. The van der Waals surface area contributed by atoms with E-state index in [1.807, 2.05) is 13.8 Å². The summed E-state index contributed by atoms with van der Waals surface area (Å²) in [6, 6.07) is 0. The van der Waals surface area contributed by atoms with E-state index in [-0.39, 0.29) is 48.9 Å². The van der Waals surface area contributed by atoms with E-state index in [1.165, 1.54) is 64.2 Å². The van der Waals surface area contributed by atoms with Crippen LogP contribution in [0, 0.1) is 0 Å². The third-order valence-electron chi connectivity index (χ3n) is 6.84. The molecule has 0 aliphatic rings. The zero-order valence-electron chi connectivity index (χ0n) is 24.7. The molecule has 220 valence electrons. The maximum absolute atomic E-state index is 11.1. The summed E-state index contributed by atoms with van der Waals surface area (Å²) in [6.07, 6.45) is 22.0. The summed E-state index contributed by atoms with van der Waals surface area (Å²) in [4.78, 5) is 0. The molecule has 9 heteroatoms. The van der Waals surface area contributed by atoms with Crippen LogP contribution >= 0.6 is 0 Å². The standard InChI is InChI=1S/2C14H30O3S.Ba/c2*1-3-5-7-8-9-10-11-13-14(12-6-4-2)18(15,16)17;/h2*14H,3-13H2,1-2H3,(H,15,16,17);/q;;+2/p-2. The Kier molecular flexibility index (Phi) is 33.5. The van der Waals surface area contributed by atoms with Crippen LogP contribution in [0.4, 0.5) is 0 Å². The Hall–Kier alpha value is 1.39. The van der Waals surface area contributed by atoms with E-state index in [2.05, 4.69) is 13.8 Å². The largest absolute Gasteiger partial charge is 2.00 e. The summed E-state index contributed by atoms with van der Waals surface area (Å²) in [5, 5.41) is -1.29. The SMILES string of the molecule is CCCCCCCCCC(CCCC)S(=O)(=O)[O-].CCCCCCCCCC(CCCC)S(=O)(=O)[O-].[Ba+2]. The Labute approximate surface area is 271 Å². The normalized spacial score (nSPS) is 13.4. The van der Waals surface area contributed by atoms with Crippen LogP contribution in [0.1, 0.15) is 169 Å². The van der Waals surface area contributed by atoms with Crippen LogP contribution < -0.4 is 0 Å². The third kappa shape index (κ3) is 30.2. The van der Waals surface area contributed by atoms with Crippen LogP contribution in [0.3, 0.4) is 0 Å². The van der Waals surface area contributed by atoms with E-state index in [0.717, 1.165) is 51.4 Å². The van der Waals surface area contributed by atoms with Crippen molar-refractivity contribution in [3.63, 3.8) is 0 Å². The van der Waals surface area contributed by atoms with Crippen molar-refractivity contribution in [2.75, 3.05) is 0 Å². The minimum Gasteiger partial charge on any atom is -0.748 e. The Bertz CT molecular complexity index is 610. The quantitative estimate of drug-likeness (QED) is 0.0574. The first-order valence-corrected chi connectivity index (χ1v) is 17.9. The molecule has 0 N–H and O–H groups in total. The summed E-state index contributed by atoms with van der Waals surface area (Å²) in [5.41, 5.74) is 0. The van der Waals surface area contributed by atoms with Crippen LogP contribution in [-0.4, -0.2) is 85.3 Å². The van der Waals surface area contributed by atoms with Crippen LogP contribution in [-0.2, 0) is 20.2 Å². The molecule has 2 atom stereocenters. The van der Waals surface area contributed by atoms with E-state index in [9.17, 15) is 25.9 Å². The molecule has 0 spiro atoms. The van der Waals surface area contributed by atoms with Gasteiger partial charge in [-0.15, -0.1) is 0 Å². The molecule has 6 nitrogen and oxygen atoms in total. The molecule has 0 heterocycles. The van der Waals surface area contributed by atoms with Gasteiger partial charge in [0.1, 0.15) is 0 Å². The maximum atomic E-state index is 11.1. The van der Waals surface area contributed by atoms with Gasteiger partial charge < -0.3 is 9.11 Å². The molecule has 0 saturated heterocycles. The van der Waals surface area contributed by atoms with E-state index in [4.69, 9.17) is 0 Å². The van der Waals surface area contributed by atoms with Crippen molar-refractivity contribution in [3.05, 3.63) is 0 Å². The Morgan fingerprint density at radius 3 is 0.865 bits per heavy atom. The maximum Gasteiger partial charge on any atom is 2.00 e. The molecule has 0 bridgehead atoms. The van der Waals surface area contributed by atoms with Crippen LogP contribution in [0.2, 0.25) is 0 Å². The second-order valence-electron chi connectivity index (χ2n) is 10.3. The fourth-order valence-electron chi connectivity index (χ4n) is 4.39. The van der Waals surface area contributed by atoms with Gasteiger partial charge >= 0.3 is 48.9 Å². The first kappa shape index (κ1) is 42.9. The molecule has 37 heavy (non-hydrogen) atoms. The van der Waals surface area contributed by atoms with Gasteiger partial charge in [0.2, 0.25) is 0 Å². The number of hydrogen-bond acceptors (Lipinski definition) is 6. The van der Waals surface area contributed by atoms with Gasteiger partial charge in [-0.2, -0.15) is 0 Å². The van der Waals surface area contributed by atoms with Crippen molar-refractivity contribution < 1.29 is 25.9 Å². The van der Waals surface area contributed by atoms with Crippen LogP contribution in [0.15, 0.2) is 0 Å². The molecule has 0 saturated carbocycles. The minimum absolute atomic E-state index is 0. The molecule has 0 rings (SSSR count). The summed E-state index contributed by atoms with van der Waals surface area (Å²) in [6.45, 7) is 8.42. The number of hydrogen-bond donors (Lipinski definition) is 0. The van der Waals surface area contributed by atoms with E-state index in [0.29, 0.717) is 25.7 Å². The zero-order valence-corrected chi connectivity index (χ0v) is 30.8. The predicted octanol–water partition coefficient (Wildman–Crippen LogP) is 8.08. The van der Waals surface area contributed by atoms with Crippen molar-refractivity contribution in [2.45, 2.75) is 179 Å². The van der Waals surface area contributed by atoms with Gasteiger partial charge in [0.25, 0.3) is 0 Å². The van der Waals surface area contributed by atoms with Crippen LogP contribution in [0.5, 0.6) is 0 Å². The predicted molar refractivity (Wildman–Crippen MR) is 157 cm³/mol. The molecule has 0 fully saturated rings. The Morgan fingerprint density at radius 2 is 0.622 bits per heavy atom. The van der Waals surface area contributed by atoms with E-state index >= 15 is 0 Å². The van der Waals surface area contributed by atoms with Crippen molar-refractivity contribution in [1.29, 1.82) is 0 Å². The number of rotatable bonds is 24. The molecule has 0 amide bonds. The first-order valence-electron chi connectivity index (χ1n) is 14.9. The van der Waals surface area contributed by atoms with Gasteiger partial charge in [-0.3, -0.25) is 0 Å². The molecule has 2 unspecified atom stereocenters.